The molecule has 0 bridgehead atoms. The highest BCUT2D eigenvalue weighted by Crippen LogP contribution is 2.13. The van der Waals surface area contributed by atoms with E-state index in [-0.39, 0.29) is 0 Å². The summed E-state index contributed by atoms with van der Waals surface area (Å²) in [5, 5.41) is 6.61. The van der Waals surface area contributed by atoms with Gasteiger partial charge in [-0.1, -0.05) is 6.07 Å². The van der Waals surface area contributed by atoms with Crippen molar-refractivity contribution in [3.05, 3.63) is 72.1 Å². The van der Waals surface area contributed by atoms with Crippen LogP contribution in [-0.2, 0) is 13.1 Å². The Morgan fingerprint density at radius 3 is 2.17 bits per heavy atom. The van der Waals surface area contributed by atoms with E-state index in [0.29, 0.717) is 13.1 Å². The Morgan fingerprint density at radius 1 is 0.826 bits per heavy atom. The van der Waals surface area contributed by atoms with Crippen LogP contribution in [0.25, 0.3) is 0 Å². The van der Waals surface area contributed by atoms with E-state index < -0.39 is 0 Å². The summed E-state index contributed by atoms with van der Waals surface area (Å²) in [5.41, 5.74) is 2.26. The van der Waals surface area contributed by atoms with Gasteiger partial charge in [-0.3, -0.25) is 9.97 Å². The molecule has 6 heteroatoms. The molecule has 0 radical (unpaired) electrons. The topological polar surface area (TPSA) is 75.6 Å². The first-order valence-corrected chi connectivity index (χ1v) is 7.41. The summed E-state index contributed by atoms with van der Waals surface area (Å²) in [5.74, 6) is 2.31. The Labute approximate surface area is 135 Å². The lowest BCUT2D eigenvalue weighted by atomic mass is 10.2. The molecule has 0 atom stereocenters. The van der Waals surface area contributed by atoms with Gasteiger partial charge >= 0.3 is 0 Å². The maximum atomic E-state index is 4.41. The molecule has 0 aliphatic rings. The molecule has 3 aromatic rings. The highest BCUT2D eigenvalue weighted by molar-refractivity contribution is 5.48. The first kappa shape index (κ1) is 14.9. The number of aromatic nitrogens is 4. The quantitative estimate of drug-likeness (QED) is 0.729. The molecule has 0 amide bonds. The van der Waals surface area contributed by atoms with Crippen LogP contribution in [0.5, 0.6) is 0 Å². The van der Waals surface area contributed by atoms with Crippen LogP contribution in [0.15, 0.2) is 55.1 Å². The third kappa shape index (κ3) is 4.47. The number of hydrogen-bond donors (Lipinski definition) is 2. The standard InChI is InChI=1S/C17H18N6/c1-13-22-16(20-11-14-4-7-18-8-5-14)9-17(23-13)21-12-15-3-2-6-19-10-15/h2-10H,11-12H2,1H3,(H2,20,21,22,23). The van der Waals surface area contributed by atoms with E-state index in [2.05, 4.69) is 30.6 Å². The van der Waals surface area contributed by atoms with Gasteiger partial charge in [0.1, 0.15) is 17.5 Å². The summed E-state index contributed by atoms with van der Waals surface area (Å²) in [6, 6.07) is 9.80. The molecule has 0 saturated carbocycles. The van der Waals surface area contributed by atoms with Gasteiger partial charge in [0.25, 0.3) is 0 Å². The van der Waals surface area contributed by atoms with Gasteiger partial charge in [0, 0.05) is 43.9 Å². The van der Waals surface area contributed by atoms with Gasteiger partial charge < -0.3 is 10.6 Å². The van der Waals surface area contributed by atoms with Crippen molar-refractivity contribution in [2.24, 2.45) is 0 Å². The minimum absolute atomic E-state index is 0.675. The second-order valence-corrected chi connectivity index (χ2v) is 5.11. The van der Waals surface area contributed by atoms with Gasteiger partial charge in [-0.25, -0.2) is 9.97 Å². The van der Waals surface area contributed by atoms with E-state index in [4.69, 9.17) is 0 Å². The first-order chi connectivity index (χ1) is 11.3. The smallest absolute Gasteiger partial charge is 0.132 e. The summed E-state index contributed by atoms with van der Waals surface area (Å²) >= 11 is 0. The fourth-order valence-electron chi connectivity index (χ4n) is 2.14. The second-order valence-electron chi connectivity index (χ2n) is 5.11. The maximum absolute atomic E-state index is 4.41. The lowest BCUT2D eigenvalue weighted by Crippen LogP contribution is -2.07. The summed E-state index contributed by atoms with van der Waals surface area (Å²) in [6.07, 6.45) is 7.16. The van der Waals surface area contributed by atoms with E-state index in [1.165, 1.54) is 0 Å². The van der Waals surface area contributed by atoms with E-state index >= 15 is 0 Å². The number of anilines is 2. The molecule has 23 heavy (non-hydrogen) atoms. The van der Waals surface area contributed by atoms with Crippen LogP contribution in [-0.4, -0.2) is 19.9 Å². The van der Waals surface area contributed by atoms with Crippen LogP contribution in [0.2, 0.25) is 0 Å². The van der Waals surface area contributed by atoms with Gasteiger partial charge in [-0.15, -0.1) is 0 Å². The number of nitrogens with one attached hydrogen (secondary N) is 2. The second kappa shape index (κ2) is 7.31. The molecule has 3 aromatic heterocycles. The zero-order chi connectivity index (χ0) is 15.9. The number of aryl methyl sites for hydroxylation is 1. The molecule has 3 rings (SSSR count). The summed E-state index contributed by atoms with van der Waals surface area (Å²) in [7, 11) is 0. The van der Waals surface area contributed by atoms with E-state index in [9.17, 15) is 0 Å². The van der Waals surface area contributed by atoms with Gasteiger partial charge in [0.15, 0.2) is 0 Å². The third-order valence-electron chi connectivity index (χ3n) is 3.26. The van der Waals surface area contributed by atoms with Crippen LogP contribution in [0.3, 0.4) is 0 Å². The number of rotatable bonds is 6. The van der Waals surface area contributed by atoms with E-state index in [0.717, 1.165) is 28.6 Å². The molecule has 3 heterocycles. The monoisotopic (exact) mass is 306 g/mol. The maximum Gasteiger partial charge on any atom is 0.132 e. The van der Waals surface area contributed by atoms with Crippen molar-refractivity contribution < 1.29 is 0 Å². The molecular weight excluding hydrogens is 288 g/mol. The molecule has 6 nitrogen and oxygen atoms in total. The van der Waals surface area contributed by atoms with Crippen molar-refractivity contribution in [1.29, 1.82) is 0 Å². The van der Waals surface area contributed by atoms with Crippen molar-refractivity contribution in [1.82, 2.24) is 19.9 Å². The molecule has 0 spiro atoms. The predicted molar refractivity (Wildman–Crippen MR) is 89.9 cm³/mol. The fourth-order valence-corrected chi connectivity index (χ4v) is 2.14. The van der Waals surface area contributed by atoms with Gasteiger partial charge in [-0.05, 0) is 36.2 Å². The van der Waals surface area contributed by atoms with Crippen molar-refractivity contribution in [3.63, 3.8) is 0 Å². The zero-order valence-electron chi connectivity index (χ0n) is 12.9. The minimum Gasteiger partial charge on any atom is -0.366 e. The average Bonchev–Trinajstić information content (AvgIpc) is 2.60. The van der Waals surface area contributed by atoms with Gasteiger partial charge in [0.05, 0.1) is 0 Å². The first-order valence-electron chi connectivity index (χ1n) is 7.41. The van der Waals surface area contributed by atoms with E-state index in [1.807, 2.05) is 43.5 Å². The van der Waals surface area contributed by atoms with Crippen LogP contribution in [0, 0.1) is 6.92 Å². The molecule has 0 fully saturated rings. The Kier molecular flexibility index (Phi) is 4.73. The number of nitrogens with zero attached hydrogens (tertiary/aromatic N) is 4. The minimum atomic E-state index is 0.675. The van der Waals surface area contributed by atoms with Crippen molar-refractivity contribution in [2.45, 2.75) is 20.0 Å². The predicted octanol–water partition coefficient (Wildman–Crippen LogP) is 2.80. The third-order valence-corrected chi connectivity index (χ3v) is 3.26. The average molecular weight is 306 g/mol. The van der Waals surface area contributed by atoms with Crippen molar-refractivity contribution >= 4 is 11.6 Å². The van der Waals surface area contributed by atoms with Crippen LogP contribution >= 0.6 is 0 Å². The molecule has 0 aliphatic carbocycles. The SMILES string of the molecule is Cc1nc(NCc2ccncc2)cc(NCc2cccnc2)n1. The van der Waals surface area contributed by atoms with Crippen molar-refractivity contribution in [3.8, 4) is 0 Å². The molecule has 0 unspecified atom stereocenters. The Hall–Kier alpha value is -3.02. The summed E-state index contributed by atoms with van der Waals surface area (Å²) in [4.78, 5) is 16.9. The van der Waals surface area contributed by atoms with Crippen LogP contribution < -0.4 is 10.6 Å². The van der Waals surface area contributed by atoms with Crippen LogP contribution in [0.1, 0.15) is 17.0 Å². The lowest BCUT2D eigenvalue weighted by Gasteiger charge is -2.10. The van der Waals surface area contributed by atoms with Gasteiger partial charge in [-0.2, -0.15) is 0 Å². The summed E-state index contributed by atoms with van der Waals surface area (Å²) < 4.78 is 0. The fraction of sp³-hybridized carbons (Fsp3) is 0.176. The molecular formula is C17H18N6. The highest BCUT2D eigenvalue weighted by Gasteiger charge is 2.02. The highest BCUT2D eigenvalue weighted by atomic mass is 15.1. The van der Waals surface area contributed by atoms with E-state index in [1.54, 1.807) is 18.6 Å². The normalized spacial score (nSPS) is 10.3. The number of hydrogen-bond acceptors (Lipinski definition) is 6. The number of pyridine rings is 2. The Morgan fingerprint density at radius 2 is 1.52 bits per heavy atom. The molecule has 0 aromatic carbocycles. The Bertz CT molecular complexity index is 684. The molecule has 2 N–H and O–H groups in total. The van der Waals surface area contributed by atoms with Gasteiger partial charge in [0.2, 0.25) is 0 Å². The Balaban J connectivity index is 1.64. The zero-order valence-corrected chi connectivity index (χ0v) is 12.9. The molecule has 0 aliphatic heterocycles. The summed E-state index contributed by atoms with van der Waals surface area (Å²) in [6.45, 7) is 3.25. The largest absolute Gasteiger partial charge is 0.366 e. The molecule has 116 valence electrons. The molecule has 0 saturated heterocycles. The van der Waals surface area contributed by atoms with Crippen LogP contribution in [0.4, 0.5) is 11.6 Å². The van der Waals surface area contributed by atoms with Crippen molar-refractivity contribution in [2.75, 3.05) is 10.6 Å². The lowest BCUT2D eigenvalue weighted by molar-refractivity contribution is 0.999.